The molecule has 0 amide bonds. The minimum Gasteiger partial charge on any atom is -0.473 e. The number of hydrogen-bond acceptors (Lipinski definition) is 4. The third-order valence-electron chi connectivity index (χ3n) is 3.02. The molecule has 0 spiro atoms. The maximum absolute atomic E-state index is 5.73. The second-order valence-corrected chi connectivity index (χ2v) is 4.25. The summed E-state index contributed by atoms with van der Waals surface area (Å²) in [7, 11) is 0. The molecule has 4 nitrogen and oxygen atoms in total. The quantitative estimate of drug-likeness (QED) is 0.755. The zero-order chi connectivity index (χ0) is 11.8. The third-order valence-corrected chi connectivity index (χ3v) is 3.02. The van der Waals surface area contributed by atoms with E-state index < -0.39 is 0 Å². The van der Waals surface area contributed by atoms with E-state index in [1.165, 1.54) is 5.56 Å². The van der Waals surface area contributed by atoms with Crippen molar-refractivity contribution in [2.75, 3.05) is 11.6 Å². The molecule has 2 aromatic rings. The summed E-state index contributed by atoms with van der Waals surface area (Å²) in [5, 5.41) is 3.98. The zero-order valence-electron chi connectivity index (χ0n) is 9.93. The lowest BCUT2D eigenvalue weighted by atomic mass is 10.1. The Balaban J connectivity index is 1.95. The standard InChI is InChI=1S/C13H14N2O2/c1-9-13(10(2)17-14-9)15-7-11-5-3-4-6-12(11)16-8-15/h3-6H,7-8H2,1-2H3. The van der Waals surface area contributed by atoms with Crippen LogP contribution in [0.15, 0.2) is 28.8 Å². The Kier molecular flexibility index (Phi) is 2.28. The summed E-state index contributed by atoms with van der Waals surface area (Å²) in [5.74, 6) is 1.81. The van der Waals surface area contributed by atoms with Crippen molar-refractivity contribution in [1.29, 1.82) is 0 Å². The lowest BCUT2D eigenvalue weighted by Crippen LogP contribution is -2.32. The fraction of sp³-hybridized carbons (Fsp3) is 0.308. The van der Waals surface area contributed by atoms with Gasteiger partial charge in [0.25, 0.3) is 0 Å². The Morgan fingerprint density at radius 1 is 1.24 bits per heavy atom. The highest BCUT2D eigenvalue weighted by Gasteiger charge is 2.22. The molecule has 0 fully saturated rings. The van der Waals surface area contributed by atoms with Gasteiger partial charge in [-0.25, -0.2) is 0 Å². The molecule has 88 valence electrons. The molecule has 4 heteroatoms. The Morgan fingerprint density at radius 2 is 2.06 bits per heavy atom. The van der Waals surface area contributed by atoms with Crippen molar-refractivity contribution in [3.8, 4) is 5.75 Å². The molecular formula is C13H14N2O2. The van der Waals surface area contributed by atoms with Gasteiger partial charge in [0.1, 0.15) is 17.1 Å². The highest BCUT2D eigenvalue weighted by atomic mass is 16.5. The molecule has 0 unspecified atom stereocenters. The Bertz CT molecular complexity index is 529. The van der Waals surface area contributed by atoms with Crippen LogP contribution in [-0.4, -0.2) is 11.9 Å². The SMILES string of the molecule is Cc1noc(C)c1N1COc2ccccc2C1. The van der Waals surface area contributed by atoms with Gasteiger partial charge < -0.3 is 14.2 Å². The van der Waals surface area contributed by atoms with Gasteiger partial charge in [-0.15, -0.1) is 0 Å². The van der Waals surface area contributed by atoms with E-state index in [2.05, 4.69) is 16.1 Å². The van der Waals surface area contributed by atoms with E-state index >= 15 is 0 Å². The molecule has 0 saturated carbocycles. The number of benzene rings is 1. The van der Waals surface area contributed by atoms with Crippen molar-refractivity contribution in [3.05, 3.63) is 41.3 Å². The summed E-state index contributed by atoms with van der Waals surface area (Å²) in [5.41, 5.74) is 3.14. The largest absolute Gasteiger partial charge is 0.473 e. The third kappa shape index (κ3) is 1.65. The van der Waals surface area contributed by atoms with E-state index in [0.29, 0.717) is 6.73 Å². The maximum Gasteiger partial charge on any atom is 0.161 e. The predicted molar refractivity (Wildman–Crippen MR) is 64.1 cm³/mol. The van der Waals surface area contributed by atoms with Crippen molar-refractivity contribution in [1.82, 2.24) is 5.16 Å². The molecule has 0 radical (unpaired) electrons. The van der Waals surface area contributed by atoms with Gasteiger partial charge in [0.2, 0.25) is 0 Å². The molecule has 3 rings (SSSR count). The lowest BCUT2D eigenvalue weighted by Gasteiger charge is -2.30. The smallest absolute Gasteiger partial charge is 0.161 e. The predicted octanol–water partition coefficient (Wildman–Crippen LogP) is 2.65. The van der Waals surface area contributed by atoms with E-state index in [9.17, 15) is 0 Å². The molecule has 2 heterocycles. The first-order valence-electron chi connectivity index (χ1n) is 5.64. The number of nitrogens with zero attached hydrogens (tertiary/aromatic N) is 2. The highest BCUT2D eigenvalue weighted by molar-refractivity contribution is 5.54. The van der Waals surface area contributed by atoms with E-state index in [-0.39, 0.29) is 0 Å². The van der Waals surface area contributed by atoms with Crippen LogP contribution < -0.4 is 9.64 Å². The first-order valence-corrected chi connectivity index (χ1v) is 5.64. The number of ether oxygens (including phenoxy) is 1. The van der Waals surface area contributed by atoms with Crippen LogP contribution in [0.1, 0.15) is 17.0 Å². The second kappa shape index (κ2) is 3.80. The van der Waals surface area contributed by atoms with E-state index in [4.69, 9.17) is 9.26 Å². The molecule has 1 aromatic carbocycles. The van der Waals surface area contributed by atoms with E-state index in [0.717, 1.165) is 29.4 Å². The van der Waals surface area contributed by atoms with Crippen molar-refractivity contribution in [2.24, 2.45) is 0 Å². The van der Waals surface area contributed by atoms with Crippen LogP contribution in [0.2, 0.25) is 0 Å². The second-order valence-electron chi connectivity index (χ2n) is 4.25. The number of aromatic nitrogens is 1. The van der Waals surface area contributed by atoms with Gasteiger partial charge in [-0.3, -0.25) is 0 Å². The molecule has 1 aliphatic heterocycles. The van der Waals surface area contributed by atoms with Gasteiger partial charge in [-0.2, -0.15) is 0 Å². The van der Waals surface area contributed by atoms with Crippen LogP contribution in [0.25, 0.3) is 0 Å². The van der Waals surface area contributed by atoms with Gasteiger partial charge in [-0.1, -0.05) is 23.4 Å². The molecule has 0 aliphatic carbocycles. The van der Waals surface area contributed by atoms with Crippen LogP contribution in [0, 0.1) is 13.8 Å². The highest BCUT2D eigenvalue weighted by Crippen LogP contribution is 2.31. The summed E-state index contributed by atoms with van der Waals surface area (Å²) in [4.78, 5) is 2.14. The fourth-order valence-corrected chi connectivity index (χ4v) is 2.25. The fourth-order valence-electron chi connectivity index (χ4n) is 2.25. The minimum atomic E-state index is 0.542. The zero-order valence-corrected chi connectivity index (χ0v) is 9.93. The maximum atomic E-state index is 5.73. The first-order chi connectivity index (χ1) is 8.25. The molecule has 17 heavy (non-hydrogen) atoms. The summed E-state index contributed by atoms with van der Waals surface area (Å²) in [6, 6.07) is 8.10. The van der Waals surface area contributed by atoms with Gasteiger partial charge in [0, 0.05) is 5.56 Å². The summed E-state index contributed by atoms with van der Waals surface area (Å²) >= 11 is 0. The Morgan fingerprint density at radius 3 is 2.82 bits per heavy atom. The van der Waals surface area contributed by atoms with Gasteiger partial charge in [0.15, 0.2) is 12.5 Å². The van der Waals surface area contributed by atoms with E-state index in [1.807, 2.05) is 32.0 Å². The Hall–Kier alpha value is -1.97. The molecule has 0 atom stereocenters. The number of aryl methyl sites for hydroxylation is 2. The number of rotatable bonds is 1. The summed E-state index contributed by atoms with van der Waals surface area (Å²) in [6.07, 6.45) is 0. The number of hydrogen-bond donors (Lipinski definition) is 0. The van der Waals surface area contributed by atoms with Crippen LogP contribution in [0.5, 0.6) is 5.75 Å². The lowest BCUT2D eigenvalue weighted by molar-refractivity contribution is 0.288. The van der Waals surface area contributed by atoms with Crippen molar-refractivity contribution < 1.29 is 9.26 Å². The van der Waals surface area contributed by atoms with Gasteiger partial charge in [0.05, 0.1) is 6.54 Å². The van der Waals surface area contributed by atoms with Gasteiger partial charge >= 0.3 is 0 Å². The van der Waals surface area contributed by atoms with Crippen molar-refractivity contribution >= 4 is 5.69 Å². The number of para-hydroxylation sites is 1. The molecular weight excluding hydrogens is 216 g/mol. The minimum absolute atomic E-state index is 0.542. The number of fused-ring (bicyclic) bond motifs is 1. The topological polar surface area (TPSA) is 38.5 Å². The summed E-state index contributed by atoms with van der Waals surface area (Å²) in [6.45, 7) is 5.25. The van der Waals surface area contributed by atoms with Gasteiger partial charge in [-0.05, 0) is 19.9 Å². The molecule has 0 bridgehead atoms. The van der Waals surface area contributed by atoms with E-state index in [1.54, 1.807) is 0 Å². The van der Waals surface area contributed by atoms with Crippen molar-refractivity contribution in [3.63, 3.8) is 0 Å². The monoisotopic (exact) mass is 230 g/mol. The molecule has 1 aromatic heterocycles. The van der Waals surface area contributed by atoms with Crippen LogP contribution in [0.3, 0.4) is 0 Å². The molecule has 0 saturated heterocycles. The van der Waals surface area contributed by atoms with Crippen molar-refractivity contribution in [2.45, 2.75) is 20.4 Å². The average molecular weight is 230 g/mol. The van der Waals surface area contributed by atoms with Crippen LogP contribution in [-0.2, 0) is 6.54 Å². The normalized spacial score (nSPS) is 14.4. The Labute approximate surface area is 99.8 Å². The van der Waals surface area contributed by atoms with Crippen LogP contribution in [0.4, 0.5) is 5.69 Å². The van der Waals surface area contributed by atoms with Crippen LogP contribution >= 0.6 is 0 Å². The molecule has 1 aliphatic rings. The summed E-state index contributed by atoms with van der Waals surface area (Å²) < 4.78 is 10.9. The number of anilines is 1. The molecule has 0 N–H and O–H groups in total. The average Bonchev–Trinajstić information content (AvgIpc) is 2.68. The first kappa shape index (κ1) is 10.2.